The monoisotopic (exact) mass is 686 g/mol. The number of hydrogen-bond acceptors (Lipinski definition) is 2. The molecule has 4 rings (SSSR count). The number of anilines is 1. The van der Waals surface area contributed by atoms with E-state index >= 15 is 0 Å². The molecule has 6 heteroatoms. The number of rotatable bonds is 2. The van der Waals surface area contributed by atoms with Crippen LogP contribution in [0.25, 0.3) is 0 Å². The van der Waals surface area contributed by atoms with Gasteiger partial charge in [-0.15, -0.1) is 0 Å². The van der Waals surface area contributed by atoms with Gasteiger partial charge in [0.2, 0.25) is 0 Å². The average Bonchev–Trinajstić information content (AvgIpc) is 2.94. The van der Waals surface area contributed by atoms with Crippen LogP contribution in [0.5, 0.6) is 0 Å². The summed E-state index contributed by atoms with van der Waals surface area (Å²) in [5, 5.41) is 0. The van der Waals surface area contributed by atoms with Gasteiger partial charge in [-0.05, 0) is 69.6 Å². The van der Waals surface area contributed by atoms with Crippen molar-refractivity contribution in [1.29, 1.82) is 0 Å². The number of hydrogen-bond donors (Lipinski definition) is 0. The molecule has 1 fully saturated rings. The van der Waals surface area contributed by atoms with E-state index in [9.17, 15) is 0 Å². The van der Waals surface area contributed by atoms with Crippen LogP contribution >= 0.6 is 28.8 Å². The number of nitrogens with zero attached hydrogens (tertiary/aromatic N) is 2. The molecule has 0 saturated heterocycles. The van der Waals surface area contributed by atoms with Gasteiger partial charge in [-0.2, -0.15) is 0 Å². The summed E-state index contributed by atoms with van der Waals surface area (Å²) in [6.45, 7) is 6.72. The van der Waals surface area contributed by atoms with E-state index in [0.717, 1.165) is 6.42 Å². The molecule has 1 saturated carbocycles. The Morgan fingerprint density at radius 1 is 0.848 bits per heavy atom. The van der Waals surface area contributed by atoms with Crippen LogP contribution in [0.15, 0.2) is 60.2 Å². The Labute approximate surface area is 218 Å². The third-order valence-electron chi connectivity index (χ3n) is 6.59. The molecule has 1 heterocycles. The SMILES string of the molecule is Cc1cc(C)c(N2C=CN(C3CCCCCC3)C2=C2C=CC=CCCC2)c(C)c1.[Cl][Ir]([Cl])[Cl]. The van der Waals surface area contributed by atoms with E-state index in [-0.39, 0.29) is 0 Å². The fraction of sp³-hybridized carbons (Fsp3) is 0.481. The van der Waals surface area contributed by atoms with Crippen molar-refractivity contribution in [2.24, 2.45) is 0 Å². The molecule has 1 aliphatic heterocycles. The van der Waals surface area contributed by atoms with E-state index in [4.69, 9.17) is 28.8 Å². The zero-order chi connectivity index (χ0) is 23.8. The van der Waals surface area contributed by atoms with Crippen molar-refractivity contribution in [3.63, 3.8) is 0 Å². The topological polar surface area (TPSA) is 6.48 Å². The van der Waals surface area contributed by atoms with Crippen molar-refractivity contribution in [1.82, 2.24) is 4.90 Å². The Balaban J connectivity index is 0.000000709. The molecule has 0 amide bonds. The molecule has 0 bridgehead atoms. The van der Waals surface area contributed by atoms with E-state index in [2.05, 4.69) is 79.4 Å². The van der Waals surface area contributed by atoms with E-state index in [0.29, 0.717) is 6.04 Å². The standard InChI is InChI=1S/C27H36N2.3ClH.Ir/c1-21-19-22(2)26(23(3)20-21)29-18-17-28(25-15-11-7-8-12-16-25)27(29)24-13-9-5-4-6-10-14-24;;;;/h4-5,9,13,17-20,25H,6-8,10-12,14-16H2,1-3H3;3*1H;/q;;;;+3/p-3. The Hall–Kier alpha value is -0.701. The summed E-state index contributed by atoms with van der Waals surface area (Å²) in [6, 6.07) is 5.27. The molecule has 0 atom stereocenters. The van der Waals surface area contributed by atoms with Crippen LogP contribution < -0.4 is 4.90 Å². The van der Waals surface area contributed by atoms with E-state index in [1.807, 2.05) is 0 Å². The molecule has 0 N–H and O–H groups in total. The van der Waals surface area contributed by atoms with Gasteiger partial charge in [0.1, 0.15) is 5.82 Å². The fourth-order valence-corrected chi connectivity index (χ4v) is 5.31. The Bertz CT molecular complexity index is 886. The van der Waals surface area contributed by atoms with Crippen LogP contribution in [0.2, 0.25) is 0 Å². The summed E-state index contributed by atoms with van der Waals surface area (Å²) in [7, 11) is 14.9. The zero-order valence-electron chi connectivity index (χ0n) is 19.9. The summed E-state index contributed by atoms with van der Waals surface area (Å²) < 4.78 is 0. The quantitative estimate of drug-likeness (QED) is 0.286. The maximum atomic E-state index is 4.97. The summed E-state index contributed by atoms with van der Waals surface area (Å²) in [6.07, 6.45) is 25.4. The molecule has 0 unspecified atom stereocenters. The normalized spacial score (nSPS) is 21.9. The summed E-state index contributed by atoms with van der Waals surface area (Å²) in [4.78, 5) is 5.11. The molecule has 3 aliphatic rings. The number of aryl methyl sites for hydroxylation is 3. The van der Waals surface area contributed by atoms with Crippen LogP contribution in [0.4, 0.5) is 5.69 Å². The molecule has 0 aromatic heterocycles. The zero-order valence-corrected chi connectivity index (χ0v) is 24.6. The van der Waals surface area contributed by atoms with Gasteiger partial charge in [0.25, 0.3) is 0 Å². The van der Waals surface area contributed by atoms with Gasteiger partial charge in [0.15, 0.2) is 0 Å². The van der Waals surface area contributed by atoms with Crippen LogP contribution in [0, 0.1) is 20.8 Å². The molecule has 0 radical (unpaired) electrons. The van der Waals surface area contributed by atoms with Crippen molar-refractivity contribution in [2.75, 3.05) is 4.90 Å². The molecule has 184 valence electrons. The van der Waals surface area contributed by atoms with E-state index < -0.39 is 13.5 Å². The third-order valence-corrected chi connectivity index (χ3v) is 6.59. The second kappa shape index (κ2) is 13.4. The van der Waals surface area contributed by atoms with Gasteiger partial charge in [-0.25, -0.2) is 0 Å². The molecule has 0 spiro atoms. The summed E-state index contributed by atoms with van der Waals surface area (Å²) in [5.74, 6) is 1.40. The Morgan fingerprint density at radius 2 is 1.48 bits per heavy atom. The molecule has 2 nitrogen and oxygen atoms in total. The minimum atomic E-state index is -1.92. The van der Waals surface area contributed by atoms with Crippen molar-refractivity contribution >= 4 is 34.4 Å². The van der Waals surface area contributed by atoms with Gasteiger partial charge in [-0.1, -0.05) is 67.7 Å². The van der Waals surface area contributed by atoms with Crippen LogP contribution in [0.3, 0.4) is 0 Å². The molecule has 33 heavy (non-hydrogen) atoms. The van der Waals surface area contributed by atoms with Crippen molar-refractivity contribution < 1.29 is 13.5 Å². The first-order chi connectivity index (χ1) is 15.9. The second-order valence-electron chi connectivity index (χ2n) is 9.14. The second-order valence-corrected chi connectivity index (χ2v) is 19.5. The maximum absolute atomic E-state index is 4.97. The average molecular weight is 687 g/mol. The molecule has 1 aromatic rings. The van der Waals surface area contributed by atoms with Crippen molar-refractivity contribution in [3.05, 3.63) is 76.9 Å². The Morgan fingerprint density at radius 3 is 2.12 bits per heavy atom. The van der Waals surface area contributed by atoms with Crippen LogP contribution in [0.1, 0.15) is 74.5 Å². The van der Waals surface area contributed by atoms with Gasteiger partial charge in [0, 0.05) is 18.4 Å². The van der Waals surface area contributed by atoms with Gasteiger partial charge in [0.05, 0.1) is 5.69 Å². The van der Waals surface area contributed by atoms with Gasteiger partial charge in [-0.3, -0.25) is 0 Å². The van der Waals surface area contributed by atoms with E-state index in [1.54, 1.807) is 0 Å². The Kier molecular flexibility index (Phi) is 10.9. The van der Waals surface area contributed by atoms with Gasteiger partial charge < -0.3 is 9.80 Å². The summed E-state index contributed by atoms with van der Waals surface area (Å²) >= 11 is -1.92. The number of allylic oxidation sites excluding steroid dienone is 5. The first-order valence-corrected chi connectivity index (χ1v) is 20.8. The van der Waals surface area contributed by atoms with Gasteiger partial charge >= 0.3 is 42.2 Å². The minimum absolute atomic E-state index is 0.627. The molecular formula is C27H36Cl3IrN2. The number of halogens is 3. The molecule has 1 aromatic carbocycles. The predicted octanol–water partition coefficient (Wildman–Crippen LogP) is 9.50. The van der Waals surface area contributed by atoms with Crippen molar-refractivity contribution in [2.45, 2.75) is 84.6 Å². The van der Waals surface area contributed by atoms with Crippen molar-refractivity contribution in [3.8, 4) is 0 Å². The number of benzene rings is 1. The van der Waals surface area contributed by atoms with Crippen LogP contribution in [-0.4, -0.2) is 10.9 Å². The molecule has 2 aliphatic carbocycles. The van der Waals surface area contributed by atoms with E-state index in [1.165, 1.54) is 85.1 Å². The third kappa shape index (κ3) is 7.64. The summed E-state index contributed by atoms with van der Waals surface area (Å²) in [5.41, 5.74) is 6.91. The predicted molar refractivity (Wildman–Crippen MR) is 142 cm³/mol. The first-order valence-electron chi connectivity index (χ1n) is 11.9. The molecular weight excluding hydrogens is 651 g/mol. The fourth-order valence-electron chi connectivity index (χ4n) is 5.31. The first kappa shape index (κ1) is 26.9. The van der Waals surface area contributed by atoms with Crippen LogP contribution in [-0.2, 0) is 13.5 Å².